The predicted molar refractivity (Wildman–Crippen MR) is 92.9 cm³/mol. The molecule has 0 aliphatic carbocycles. The maximum Gasteiger partial charge on any atom is 0.106 e. The Labute approximate surface area is 132 Å². The van der Waals surface area contributed by atoms with Crippen molar-refractivity contribution in [3.05, 3.63) is 28.8 Å². The highest BCUT2D eigenvalue weighted by Gasteiger charge is 2.15. The summed E-state index contributed by atoms with van der Waals surface area (Å²) in [6.45, 7) is 7.24. The number of thiocarbonyl (C=S) groups is 1. The van der Waals surface area contributed by atoms with Gasteiger partial charge in [0.2, 0.25) is 0 Å². The molecular formula is C15H24ClN3S. The van der Waals surface area contributed by atoms with Crippen LogP contribution in [-0.4, -0.2) is 43.6 Å². The highest BCUT2D eigenvalue weighted by molar-refractivity contribution is 7.80. The van der Waals surface area contributed by atoms with Gasteiger partial charge in [0, 0.05) is 35.9 Å². The molecule has 5 heteroatoms. The van der Waals surface area contributed by atoms with Crippen LogP contribution in [0.3, 0.4) is 0 Å². The Bertz CT molecular complexity index is 460. The van der Waals surface area contributed by atoms with Gasteiger partial charge in [0.1, 0.15) is 4.99 Å². The second kappa shape index (κ2) is 7.81. The largest absolute Gasteiger partial charge is 0.389 e. The van der Waals surface area contributed by atoms with E-state index in [1.807, 2.05) is 18.2 Å². The lowest BCUT2D eigenvalue weighted by Gasteiger charge is -2.30. The normalized spacial score (nSPS) is 11.2. The fourth-order valence-electron chi connectivity index (χ4n) is 2.05. The molecule has 0 aliphatic rings. The Kier molecular flexibility index (Phi) is 6.72. The average Bonchev–Trinajstić information content (AvgIpc) is 2.33. The Balaban J connectivity index is 3.10. The van der Waals surface area contributed by atoms with E-state index < -0.39 is 0 Å². The van der Waals surface area contributed by atoms with E-state index in [0.717, 1.165) is 30.9 Å². The van der Waals surface area contributed by atoms with Crippen molar-refractivity contribution in [2.75, 3.05) is 38.6 Å². The summed E-state index contributed by atoms with van der Waals surface area (Å²) in [5.74, 6) is 0.551. The average molecular weight is 314 g/mol. The second-order valence-electron chi connectivity index (χ2n) is 5.67. The van der Waals surface area contributed by atoms with Crippen molar-refractivity contribution in [2.24, 2.45) is 11.7 Å². The van der Waals surface area contributed by atoms with Crippen molar-refractivity contribution in [1.29, 1.82) is 0 Å². The Morgan fingerprint density at radius 3 is 2.45 bits per heavy atom. The molecule has 0 amide bonds. The number of benzene rings is 1. The molecule has 0 saturated carbocycles. The zero-order chi connectivity index (χ0) is 15.3. The number of nitrogens with zero attached hydrogens (tertiary/aromatic N) is 2. The van der Waals surface area contributed by atoms with Gasteiger partial charge in [0.15, 0.2) is 0 Å². The van der Waals surface area contributed by atoms with Crippen LogP contribution in [0.2, 0.25) is 5.02 Å². The van der Waals surface area contributed by atoms with Crippen LogP contribution in [0.4, 0.5) is 5.69 Å². The van der Waals surface area contributed by atoms with Gasteiger partial charge < -0.3 is 15.5 Å². The zero-order valence-corrected chi connectivity index (χ0v) is 14.3. The molecule has 3 nitrogen and oxygen atoms in total. The fraction of sp³-hybridized carbons (Fsp3) is 0.533. The fourth-order valence-corrected chi connectivity index (χ4v) is 2.39. The van der Waals surface area contributed by atoms with E-state index in [0.29, 0.717) is 15.9 Å². The molecule has 0 bridgehead atoms. The van der Waals surface area contributed by atoms with Gasteiger partial charge in [-0.15, -0.1) is 0 Å². The molecule has 1 aromatic carbocycles. The van der Waals surface area contributed by atoms with Gasteiger partial charge in [-0.2, -0.15) is 0 Å². The quantitative estimate of drug-likeness (QED) is 0.784. The highest BCUT2D eigenvalue weighted by atomic mass is 35.5. The highest BCUT2D eigenvalue weighted by Crippen LogP contribution is 2.25. The summed E-state index contributed by atoms with van der Waals surface area (Å²) in [5.41, 5.74) is 7.76. The van der Waals surface area contributed by atoms with E-state index in [4.69, 9.17) is 29.6 Å². The van der Waals surface area contributed by atoms with Crippen LogP contribution < -0.4 is 10.6 Å². The number of hydrogen-bond donors (Lipinski definition) is 1. The summed E-state index contributed by atoms with van der Waals surface area (Å²) in [4.78, 5) is 4.89. The molecule has 20 heavy (non-hydrogen) atoms. The molecule has 0 radical (unpaired) electrons. The molecule has 2 N–H and O–H groups in total. The lowest BCUT2D eigenvalue weighted by atomic mass is 10.1. The Morgan fingerprint density at radius 1 is 1.30 bits per heavy atom. The van der Waals surface area contributed by atoms with E-state index in [-0.39, 0.29) is 0 Å². The molecule has 1 aromatic rings. The van der Waals surface area contributed by atoms with Gasteiger partial charge in [-0.25, -0.2) is 0 Å². The molecule has 0 heterocycles. The Morgan fingerprint density at radius 2 is 1.95 bits per heavy atom. The molecule has 0 aromatic heterocycles. The number of hydrogen-bond acceptors (Lipinski definition) is 3. The van der Waals surface area contributed by atoms with Gasteiger partial charge in [-0.3, -0.25) is 0 Å². The SMILES string of the molecule is CC(C)CN(CCN(C)C)c1cc(Cl)ccc1C(N)=S. The van der Waals surface area contributed by atoms with Crippen molar-refractivity contribution in [3.8, 4) is 0 Å². The first-order valence-electron chi connectivity index (χ1n) is 6.80. The van der Waals surface area contributed by atoms with Crippen LogP contribution in [0, 0.1) is 5.92 Å². The molecule has 0 unspecified atom stereocenters. The molecule has 0 spiro atoms. The lowest BCUT2D eigenvalue weighted by Crippen LogP contribution is -2.35. The standard InChI is InChI=1S/C15H24ClN3S/c1-11(2)10-19(8-7-18(3)4)14-9-12(16)5-6-13(14)15(17)20/h5-6,9,11H,7-8,10H2,1-4H3,(H2,17,20). The molecule has 0 saturated heterocycles. The number of nitrogens with two attached hydrogens (primary N) is 1. The smallest absolute Gasteiger partial charge is 0.106 e. The van der Waals surface area contributed by atoms with E-state index in [1.165, 1.54) is 0 Å². The van der Waals surface area contributed by atoms with Gasteiger partial charge >= 0.3 is 0 Å². The summed E-state index contributed by atoms with van der Waals surface area (Å²) in [7, 11) is 4.14. The third-order valence-corrected chi connectivity index (χ3v) is 3.42. The number of halogens is 1. The number of likely N-dealkylation sites (N-methyl/N-ethyl adjacent to an activating group) is 1. The number of anilines is 1. The molecule has 0 fully saturated rings. The van der Waals surface area contributed by atoms with Crippen molar-refractivity contribution in [2.45, 2.75) is 13.8 Å². The van der Waals surface area contributed by atoms with E-state index in [2.05, 4.69) is 37.7 Å². The summed E-state index contributed by atoms with van der Waals surface area (Å²) in [6, 6.07) is 5.69. The monoisotopic (exact) mass is 313 g/mol. The zero-order valence-electron chi connectivity index (χ0n) is 12.7. The minimum absolute atomic E-state index is 0.412. The minimum Gasteiger partial charge on any atom is -0.389 e. The first-order valence-corrected chi connectivity index (χ1v) is 7.59. The summed E-state index contributed by atoms with van der Waals surface area (Å²) in [5, 5.41) is 0.707. The first kappa shape index (κ1) is 17.2. The number of rotatable bonds is 7. The third kappa shape index (κ3) is 5.27. The predicted octanol–water partition coefficient (Wildman–Crippen LogP) is 3.00. The summed E-state index contributed by atoms with van der Waals surface area (Å²) >= 11 is 11.3. The molecule has 1 rings (SSSR count). The van der Waals surface area contributed by atoms with Crippen LogP contribution in [-0.2, 0) is 0 Å². The maximum atomic E-state index is 6.14. The Hall–Kier alpha value is -0.840. The van der Waals surface area contributed by atoms with Crippen LogP contribution in [0.15, 0.2) is 18.2 Å². The summed E-state index contributed by atoms with van der Waals surface area (Å²) in [6.07, 6.45) is 0. The van der Waals surface area contributed by atoms with Crippen LogP contribution >= 0.6 is 23.8 Å². The minimum atomic E-state index is 0.412. The van der Waals surface area contributed by atoms with Crippen molar-refractivity contribution < 1.29 is 0 Å². The van der Waals surface area contributed by atoms with Crippen molar-refractivity contribution in [1.82, 2.24) is 4.90 Å². The van der Waals surface area contributed by atoms with Gasteiger partial charge in [-0.05, 0) is 38.2 Å². The topological polar surface area (TPSA) is 32.5 Å². The van der Waals surface area contributed by atoms with Crippen LogP contribution in [0.1, 0.15) is 19.4 Å². The van der Waals surface area contributed by atoms with Crippen molar-refractivity contribution >= 4 is 34.5 Å². The van der Waals surface area contributed by atoms with Crippen LogP contribution in [0.25, 0.3) is 0 Å². The van der Waals surface area contributed by atoms with Gasteiger partial charge in [0.25, 0.3) is 0 Å². The maximum absolute atomic E-state index is 6.14. The van der Waals surface area contributed by atoms with Gasteiger partial charge in [0.05, 0.1) is 0 Å². The lowest BCUT2D eigenvalue weighted by molar-refractivity contribution is 0.409. The molecular weight excluding hydrogens is 290 g/mol. The van der Waals surface area contributed by atoms with E-state index >= 15 is 0 Å². The van der Waals surface area contributed by atoms with E-state index in [9.17, 15) is 0 Å². The first-order chi connectivity index (χ1) is 9.31. The summed E-state index contributed by atoms with van der Waals surface area (Å²) < 4.78 is 0. The molecule has 0 atom stereocenters. The van der Waals surface area contributed by atoms with Crippen molar-refractivity contribution in [3.63, 3.8) is 0 Å². The molecule has 112 valence electrons. The van der Waals surface area contributed by atoms with E-state index in [1.54, 1.807) is 0 Å². The van der Waals surface area contributed by atoms with Gasteiger partial charge in [-0.1, -0.05) is 37.7 Å². The molecule has 0 aliphatic heterocycles. The van der Waals surface area contributed by atoms with Crippen LogP contribution in [0.5, 0.6) is 0 Å². The second-order valence-corrected chi connectivity index (χ2v) is 6.55. The third-order valence-electron chi connectivity index (χ3n) is 2.97.